The summed E-state index contributed by atoms with van der Waals surface area (Å²) in [4.78, 5) is 10.9. The van der Waals surface area contributed by atoms with E-state index in [1.807, 2.05) is 24.4 Å². The third kappa shape index (κ3) is 3.01. The molecule has 1 aromatic carbocycles. The summed E-state index contributed by atoms with van der Waals surface area (Å²) in [5, 5.41) is 0. The molecule has 0 N–H and O–H groups in total. The molecule has 0 saturated carbocycles. The molecule has 126 valence electrons. The highest BCUT2D eigenvalue weighted by atomic mass is 16.7. The molecule has 0 amide bonds. The largest absolute Gasteiger partial charge is 0.496 e. The summed E-state index contributed by atoms with van der Waals surface area (Å²) in [6, 6.07) is 5.99. The topological polar surface area (TPSA) is 56.7 Å². The lowest BCUT2D eigenvalue weighted by Gasteiger charge is -2.32. The Bertz CT molecular complexity index is 700. The van der Waals surface area contributed by atoms with Gasteiger partial charge in [0.15, 0.2) is 11.5 Å². The molecule has 0 spiro atoms. The molecule has 3 heterocycles. The zero-order chi connectivity index (χ0) is 16.4. The van der Waals surface area contributed by atoms with Crippen LogP contribution < -0.4 is 14.2 Å². The molecule has 0 unspecified atom stereocenters. The molecular formula is C18H21N3O3. The Balaban J connectivity index is 1.42. The molecule has 24 heavy (non-hydrogen) atoms. The predicted molar refractivity (Wildman–Crippen MR) is 88.4 cm³/mol. The van der Waals surface area contributed by atoms with Crippen molar-refractivity contribution in [2.45, 2.75) is 25.3 Å². The fourth-order valence-corrected chi connectivity index (χ4v) is 3.45. The predicted octanol–water partition coefficient (Wildman–Crippen LogP) is 2.59. The minimum atomic E-state index is 0.284. The van der Waals surface area contributed by atoms with Gasteiger partial charge in [-0.2, -0.15) is 0 Å². The maximum absolute atomic E-state index is 5.52. The van der Waals surface area contributed by atoms with Crippen LogP contribution in [-0.2, 0) is 6.54 Å². The van der Waals surface area contributed by atoms with Crippen LogP contribution in [0.25, 0.3) is 0 Å². The number of fused-ring (bicyclic) bond motifs is 1. The lowest BCUT2D eigenvalue weighted by atomic mass is 9.93. The van der Waals surface area contributed by atoms with Crippen molar-refractivity contribution in [2.75, 3.05) is 27.0 Å². The molecule has 2 aromatic rings. The second kappa shape index (κ2) is 6.65. The van der Waals surface area contributed by atoms with Crippen molar-refractivity contribution in [1.82, 2.24) is 14.9 Å². The van der Waals surface area contributed by atoms with Gasteiger partial charge in [0, 0.05) is 36.0 Å². The summed E-state index contributed by atoms with van der Waals surface area (Å²) in [5.41, 5.74) is 2.30. The Hall–Kier alpha value is -2.34. The van der Waals surface area contributed by atoms with Crippen LogP contribution in [0.15, 0.2) is 30.7 Å². The van der Waals surface area contributed by atoms with Gasteiger partial charge < -0.3 is 14.2 Å². The van der Waals surface area contributed by atoms with Crippen LogP contribution in [0.4, 0.5) is 0 Å². The molecule has 4 rings (SSSR count). The molecule has 1 aromatic heterocycles. The van der Waals surface area contributed by atoms with E-state index >= 15 is 0 Å². The zero-order valence-electron chi connectivity index (χ0n) is 13.8. The van der Waals surface area contributed by atoms with Crippen molar-refractivity contribution >= 4 is 0 Å². The zero-order valence-corrected chi connectivity index (χ0v) is 13.8. The SMILES string of the molecule is COc1cc2c(cc1CN1CCC(c3ccncn3)CC1)OCO2. The van der Waals surface area contributed by atoms with Crippen molar-refractivity contribution in [3.8, 4) is 17.2 Å². The van der Waals surface area contributed by atoms with E-state index in [0.29, 0.717) is 5.92 Å². The van der Waals surface area contributed by atoms with E-state index in [0.717, 1.165) is 61.0 Å². The van der Waals surface area contributed by atoms with Crippen LogP contribution in [0.2, 0.25) is 0 Å². The standard InChI is InChI=1S/C18H21N3O3/c1-22-16-9-18-17(23-12-24-18)8-14(16)10-21-6-3-13(4-7-21)15-2-5-19-11-20-15/h2,5,8-9,11,13H,3-4,6-7,10,12H2,1H3. The van der Waals surface area contributed by atoms with Gasteiger partial charge in [-0.25, -0.2) is 9.97 Å². The van der Waals surface area contributed by atoms with Gasteiger partial charge in [0.25, 0.3) is 0 Å². The van der Waals surface area contributed by atoms with Crippen molar-refractivity contribution in [2.24, 2.45) is 0 Å². The molecular weight excluding hydrogens is 306 g/mol. The first-order chi connectivity index (χ1) is 11.8. The first kappa shape index (κ1) is 15.2. The molecule has 0 aliphatic carbocycles. The molecule has 2 aliphatic heterocycles. The smallest absolute Gasteiger partial charge is 0.231 e. The summed E-state index contributed by atoms with van der Waals surface area (Å²) in [6.07, 6.45) is 5.69. The lowest BCUT2D eigenvalue weighted by Crippen LogP contribution is -2.32. The van der Waals surface area contributed by atoms with Crippen LogP contribution in [0, 0.1) is 0 Å². The van der Waals surface area contributed by atoms with E-state index < -0.39 is 0 Å². The fraction of sp³-hybridized carbons (Fsp3) is 0.444. The van der Waals surface area contributed by atoms with Crippen molar-refractivity contribution in [1.29, 1.82) is 0 Å². The van der Waals surface area contributed by atoms with Gasteiger partial charge in [0.1, 0.15) is 12.1 Å². The number of ether oxygens (including phenoxy) is 3. The van der Waals surface area contributed by atoms with Crippen molar-refractivity contribution in [3.63, 3.8) is 0 Å². The highest BCUT2D eigenvalue weighted by molar-refractivity contribution is 5.51. The van der Waals surface area contributed by atoms with E-state index in [1.54, 1.807) is 13.4 Å². The van der Waals surface area contributed by atoms with Gasteiger partial charge >= 0.3 is 0 Å². The molecule has 0 bridgehead atoms. The molecule has 1 fully saturated rings. The Kier molecular flexibility index (Phi) is 4.21. The Labute approximate surface area is 141 Å². The van der Waals surface area contributed by atoms with E-state index in [-0.39, 0.29) is 6.79 Å². The van der Waals surface area contributed by atoms with Gasteiger partial charge in [0.2, 0.25) is 6.79 Å². The summed E-state index contributed by atoms with van der Waals surface area (Å²) >= 11 is 0. The average Bonchev–Trinajstić information content (AvgIpc) is 3.09. The Morgan fingerprint density at radius 3 is 2.71 bits per heavy atom. The normalized spacial score (nSPS) is 17.9. The molecule has 6 heteroatoms. The third-order valence-corrected chi connectivity index (χ3v) is 4.78. The minimum absolute atomic E-state index is 0.284. The number of hydrogen-bond donors (Lipinski definition) is 0. The van der Waals surface area contributed by atoms with Gasteiger partial charge in [-0.05, 0) is 38.1 Å². The Morgan fingerprint density at radius 2 is 2.00 bits per heavy atom. The summed E-state index contributed by atoms with van der Waals surface area (Å²) in [7, 11) is 1.70. The van der Waals surface area contributed by atoms with E-state index in [4.69, 9.17) is 14.2 Å². The third-order valence-electron chi connectivity index (χ3n) is 4.78. The van der Waals surface area contributed by atoms with Crippen LogP contribution in [-0.4, -0.2) is 41.9 Å². The molecule has 6 nitrogen and oxygen atoms in total. The monoisotopic (exact) mass is 327 g/mol. The van der Waals surface area contributed by atoms with Gasteiger partial charge in [-0.1, -0.05) is 0 Å². The number of nitrogens with zero attached hydrogens (tertiary/aromatic N) is 3. The maximum Gasteiger partial charge on any atom is 0.231 e. The second-order valence-electron chi connectivity index (χ2n) is 6.20. The highest BCUT2D eigenvalue weighted by Crippen LogP contribution is 2.39. The first-order valence-corrected chi connectivity index (χ1v) is 8.28. The van der Waals surface area contributed by atoms with E-state index in [9.17, 15) is 0 Å². The van der Waals surface area contributed by atoms with Crippen LogP contribution in [0.1, 0.15) is 30.0 Å². The van der Waals surface area contributed by atoms with Crippen LogP contribution >= 0.6 is 0 Å². The van der Waals surface area contributed by atoms with Crippen molar-refractivity contribution in [3.05, 3.63) is 42.0 Å². The Morgan fingerprint density at radius 1 is 1.21 bits per heavy atom. The van der Waals surface area contributed by atoms with Crippen LogP contribution in [0.3, 0.4) is 0 Å². The number of likely N-dealkylation sites (tertiary alicyclic amines) is 1. The molecule has 0 radical (unpaired) electrons. The maximum atomic E-state index is 5.52. The number of methoxy groups -OCH3 is 1. The second-order valence-corrected chi connectivity index (χ2v) is 6.20. The summed E-state index contributed by atoms with van der Waals surface area (Å²) < 4.78 is 16.4. The molecule has 1 saturated heterocycles. The van der Waals surface area contributed by atoms with Crippen molar-refractivity contribution < 1.29 is 14.2 Å². The summed E-state index contributed by atoms with van der Waals surface area (Å²) in [5.74, 6) is 2.96. The quantitative estimate of drug-likeness (QED) is 0.860. The lowest BCUT2D eigenvalue weighted by molar-refractivity contribution is 0.173. The number of rotatable bonds is 4. The van der Waals surface area contributed by atoms with E-state index in [1.165, 1.54) is 0 Å². The average molecular weight is 327 g/mol. The number of hydrogen-bond acceptors (Lipinski definition) is 6. The summed E-state index contributed by atoms with van der Waals surface area (Å²) in [6.45, 7) is 3.24. The van der Waals surface area contributed by atoms with Gasteiger partial charge in [0.05, 0.1) is 7.11 Å². The minimum Gasteiger partial charge on any atom is -0.496 e. The van der Waals surface area contributed by atoms with Gasteiger partial charge in [-0.3, -0.25) is 4.90 Å². The molecule has 0 atom stereocenters. The fourth-order valence-electron chi connectivity index (χ4n) is 3.45. The number of piperidine rings is 1. The van der Waals surface area contributed by atoms with Gasteiger partial charge in [-0.15, -0.1) is 0 Å². The highest BCUT2D eigenvalue weighted by Gasteiger charge is 2.24. The number of benzene rings is 1. The first-order valence-electron chi connectivity index (χ1n) is 8.28. The molecule has 2 aliphatic rings. The van der Waals surface area contributed by atoms with Crippen LogP contribution in [0.5, 0.6) is 17.2 Å². The number of aromatic nitrogens is 2. The van der Waals surface area contributed by atoms with E-state index in [2.05, 4.69) is 14.9 Å².